The molecule has 14 heavy (non-hydrogen) atoms. The molecule has 0 aromatic heterocycles. The van der Waals surface area contributed by atoms with Crippen molar-refractivity contribution in [1.82, 2.24) is 0 Å². The normalized spacial score (nSPS) is 10.7. The molecule has 0 amide bonds. The Morgan fingerprint density at radius 1 is 1.36 bits per heavy atom. The summed E-state index contributed by atoms with van der Waals surface area (Å²) in [7, 11) is 0. The summed E-state index contributed by atoms with van der Waals surface area (Å²) in [6.45, 7) is 3.69. The van der Waals surface area contributed by atoms with Gasteiger partial charge >= 0.3 is 0 Å². The number of aliphatic hydroxyl groups excluding tert-OH is 1. The van der Waals surface area contributed by atoms with Crippen LogP contribution in [-0.2, 0) is 6.61 Å². The molecular weight excluding hydrogens is 176 g/mol. The standard InChI is InChI=1S/C12H14O2/c1-4-12(2,3)14-11-7-5-10(9-13)6-8-11/h1,5-8,13H,9H2,2-3H3. The number of aliphatic hydroxyl groups is 1. The highest BCUT2D eigenvalue weighted by molar-refractivity contribution is 5.28. The van der Waals surface area contributed by atoms with Crippen molar-refractivity contribution in [3.8, 4) is 18.1 Å². The fraction of sp³-hybridized carbons (Fsp3) is 0.333. The summed E-state index contributed by atoms with van der Waals surface area (Å²) in [5, 5.41) is 8.83. The monoisotopic (exact) mass is 190 g/mol. The predicted octanol–water partition coefficient (Wildman–Crippen LogP) is 1.97. The van der Waals surface area contributed by atoms with Crippen molar-refractivity contribution in [1.29, 1.82) is 0 Å². The fourth-order valence-corrected chi connectivity index (χ4v) is 0.987. The average molecular weight is 190 g/mol. The van der Waals surface area contributed by atoms with Gasteiger partial charge in [-0.05, 0) is 31.5 Å². The second-order valence-electron chi connectivity index (χ2n) is 3.56. The summed E-state index contributed by atoms with van der Waals surface area (Å²) < 4.78 is 5.53. The van der Waals surface area contributed by atoms with Gasteiger partial charge in [-0.2, -0.15) is 0 Å². The minimum absolute atomic E-state index is 0.0405. The Morgan fingerprint density at radius 2 is 1.93 bits per heavy atom. The Bertz CT molecular complexity index is 330. The van der Waals surface area contributed by atoms with Crippen LogP contribution in [0.2, 0.25) is 0 Å². The average Bonchev–Trinajstić information content (AvgIpc) is 2.19. The van der Waals surface area contributed by atoms with Gasteiger partial charge in [0.05, 0.1) is 6.61 Å². The number of rotatable bonds is 3. The van der Waals surface area contributed by atoms with Gasteiger partial charge in [0.25, 0.3) is 0 Å². The quantitative estimate of drug-likeness (QED) is 0.738. The van der Waals surface area contributed by atoms with Crippen LogP contribution in [0.25, 0.3) is 0 Å². The Balaban J connectivity index is 2.75. The molecule has 0 fully saturated rings. The van der Waals surface area contributed by atoms with Gasteiger partial charge in [0.2, 0.25) is 0 Å². The second-order valence-corrected chi connectivity index (χ2v) is 3.56. The number of benzene rings is 1. The van der Waals surface area contributed by atoms with Crippen molar-refractivity contribution in [2.45, 2.75) is 26.1 Å². The molecule has 0 spiro atoms. The van der Waals surface area contributed by atoms with E-state index in [9.17, 15) is 0 Å². The van der Waals surface area contributed by atoms with Crippen LogP contribution in [0.5, 0.6) is 5.75 Å². The summed E-state index contributed by atoms with van der Waals surface area (Å²) in [4.78, 5) is 0. The highest BCUT2D eigenvalue weighted by Gasteiger charge is 2.14. The van der Waals surface area contributed by atoms with E-state index in [-0.39, 0.29) is 6.61 Å². The first-order valence-electron chi connectivity index (χ1n) is 4.44. The second kappa shape index (κ2) is 4.17. The van der Waals surface area contributed by atoms with Gasteiger partial charge in [-0.1, -0.05) is 18.1 Å². The molecule has 0 aliphatic heterocycles. The van der Waals surface area contributed by atoms with Gasteiger partial charge in [-0.3, -0.25) is 0 Å². The molecule has 1 N–H and O–H groups in total. The van der Waals surface area contributed by atoms with Crippen molar-refractivity contribution in [3.05, 3.63) is 29.8 Å². The Labute approximate surface area is 84.5 Å². The van der Waals surface area contributed by atoms with Crippen LogP contribution in [0.15, 0.2) is 24.3 Å². The van der Waals surface area contributed by atoms with Crippen molar-refractivity contribution in [3.63, 3.8) is 0 Å². The zero-order valence-electron chi connectivity index (χ0n) is 8.45. The SMILES string of the molecule is C#CC(C)(C)Oc1ccc(CO)cc1. The first kappa shape index (κ1) is 10.6. The van der Waals surface area contributed by atoms with Crippen LogP contribution >= 0.6 is 0 Å². The molecule has 0 bridgehead atoms. The molecule has 0 radical (unpaired) electrons. The van der Waals surface area contributed by atoms with Crippen LogP contribution in [0.3, 0.4) is 0 Å². The Morgan fingerprint density at radius 3 is 2.36 bits per heavy atom. The topological polar surface area (TPSA) is 29.5 Å². The summed E-state index contributed by atoms with van der Waals surface area (Å²) in [6, 6.07) is 7.21. The number of ether oxygens (including phenoxy) is 1. The minimum atomic E-state index is -0.596. The van der Waals surface area contributed by atoms with E-state index in [0.717, 1.165) is 5.56 Å². The van der Waals surface area contributed by atoms with Gasteiger partial charge in [0.15, 0.2) is 5.60 Å². The molecule has 0 saturated heterocycles. The largest absolute Gasteiger partial charge is 0.475 e. The van der Waals surface area contributed by atoms with E-state index in [1.807, 2.05) is 26.0 Å². The van der Waals surface area contributed by atoms with Crippen LogP contribution in [0.1, 0.15) is 19.4 Å². The predicted molar refractivity (Wildman–Crippen MR) is 55.9 cm³/mol. The van der Waals surface area contributed by atoms with E-state index in [4.69, 9.17) is 16.3 Å². The Kier molecular flexibility index (Phi) is 3.16. The molecule has 0 atom stereocenters. The lowest BCUT2D eigenvalue weighted by Crippen LogP contribution is -2.25. The van der Waals surface area contributed by atoms with Gasteiger partial charge in [-0.25, -0.2) is 0 Å². The summed E-state index contributed by atoms with van der Waals surface area (Å²) in [5.41, 5.74) is 0.261. The molecule has 0 aliphatic rings. The molecule has 2 nitrogen and oxygen atoms in total. The van der Waals surface area contributed by atoms with E-state index in [1.165, 1.54) is 0 Å². The van der Waals surface area contributed by atoms with E-state index < -0.39 is 5.60 Å². The Hall–Kier alpha value is -1.46. The van der Waals surface area contributed by atoms with Gasteiger partial charge in [0.1, 0.15) is 5.75 Å². The maximum Gasteiger partial charge on any atom is 0.163 e. The molecule has 2 heteroatoms. The van der Waals surface area contributed by atoms with Crippen LogP contribution in [-0.4, -0.2) is 10.7 Å². The van der Waals surface area contributed by atoms with Crippen molar-refractivity contribution >= 4 is 0 Å². The molecule has 1 rings (SSSR count). The zero-order chi connectivity index (χ0) is 10.6. The maximum atomic E-state index is 8.83. The summed E-state index contributed by atoms with van der Waals surface area (Å²) >= 11 is 0. The number of hydrogen-bond acceptors (Lipinski definition) is 2. The van der Waals surface area contributed by atoms with E-state index in [0.29, 0.717) is 5.75 Å². The third-order valence-corrected chi connectivity index (χ3v) is 1.83. The number of terminal acetylenes is 1. The van der Waals surface area contributed by atoms with E-state index >= 15 is 0 Å². The van der Waals surface area contributed by atoms with Crippen molar-refractivity contribution < 1.29 is 9.84 Å². The molecule has 74 valence electrons. The van der Waals surface area contributed by atoms with Crippen LogP contribution in [0.4, 0.5) is 0 Å². The molecule has 0 saturated carbocycles. The van der Waals surface area contributed by atoms with E-state index in [2.05, 4.69) is 5.92 Å². The minimum Gasteiger partial charge on any atom is -0.475 e. The lowest BCUT2D eigenvalue weighted by molar-refractivity contribution is 0.172. The lowest BCUT2D eigenvalue weighted by Gasteiger charge is -2.20. The van der Waals surface area contributed by atoms with Crippen molar-refractivity contribution in [2.75, 3.05) is 0 Å². The molecule has 0 unspecified atom stereocenters. The van der Waals surface area contributed by atoms with E-state index in [1.54, 1.807) is 12.1 Å². The van der Waals surface area contributed by atoms with Gasteiger partial charge < -0.3 is 9.84 Å². The first-order valence-corrected chi connectivity index (χ1v) is 4.44. The highest BCUT2D eigenvalue weighted by Crippen LogP contribution is 2.18. The summed E-state index contributed by atoms with van der Waals surface area (Å²) in [5.74, 6) is 3.26. The molecule has 0 heterocycles. The summed E-state index contributed by atoms with van der Waals surface area (Å²) in [6.07, 6.45) is 5.30. The molecule has 1 aromatic carbocycles. The molecule has 1 aromatic rings. The fourth-order valence-electron chi connectivity index (χ4n) is 0.987. The van der Waals surface area contributed by atoms with Crippen LogP contribution < -0.4 is 4.74 Å². The number of hydrogen-bond donors (Lipinski definition) is 1. The maximum absolute atomic E-state index is 8.83. The van der Waals surface area contributed by atoms with Crippen LogP contribution in [0, 0.1) is 12.3 Å². The zero-order valence-corrected chi connectivity index (χ0v) is 8.45. The molecular formula is C12H14O2. The smallest absolute Gasteiger partial charge is 0.163 e. The highest BCUT2D eigenvalue weighted by atomic mass is 16.5. The first-order chi connectivity index (χ1) is 6.57. The molecule has 0 aliphatic carbocycles. The van der Waals surface area contributed by atoms with Crippen molar-refractivity contribution in [2.24, 2.45) is 0 Å². The van der Waals surface area contributed by atoms with Gasteiger partial charge in [0, 0.05) is 0 Å². The van der Waals surface area contributed by atoms with Gasteiger partial charge in [-0.15, -0.1) is 6.42 Å². The third-order valence-electron chi connectivity index (χ3n) is 1.83. The third kappa shape index (κ3) is 2.79. The lowest BCUT2D eigenvalue weighted by atomic mass is 10.1.